The van der Waals surface area contributed by atoms with Crippen LogP contribution in [0.25, 0.3) is 0 Å². The molecule has 0 amide bonds. The maximum absolute atomic E-state index is 13.3. The van der Waals surface area contributed by atoms with Crippen molar-refractivity contribution in [2.75, 3.05) is 0 Å². The lowest BCUT2D eigenvalue weighted by Crippen LogP contribution is -2.74. The van der Waals surface area contributed by atoms with E-state index in [1.165, 1.54) is 19.8 Å². The zero-order chi connectivity index (χ0) is 27.5. The van der Waals surface area contributed by atoms with Crippen LogP contribution in [0.5, 0.6) is 0 Å². The lowest BCUT2D eigenvalue weighted by molar-refractivity contribution is -0.256. The fourth-order valence-corrected chi connectivity index (χ4v) is 11.3. The van der Waals surface area contributed by atoms with Crippen LogP contribution >= 0.6 is 0 Å². The van der Waals surface area contributed by atoms with Crippen LogP contribution in [0.2, 0.25) is 0 Å². The van der Waals surface area contributed by atoms with Gasteiger partial charge in [0.15, 0.2) is 0 Å². The Hall–Kier alpha value is -1.44. The van der Waals surface area contributed by atoms with E-state index in [2.05, 4.69) is 40.7 Å². The van der Waals surface area contributed by atoms with Crippen molar-refractivity contribution in [1.82, 2.24) is 0 Å². The van der Waals surface area contributed by atoms with Crippen molar-refractivity contribution in [2.24, 2.45) is 56.7 Å². The maximum Gasteiger partial charge on any atom is 0.313 e. The van der Waals surface area contributed by atoms with Crippen LogP contribution in [-0.4, -0.2) is 55.8 Å². The zero-order valence-electron chi connectivity index (χ0n) is 23.2. The molecule has 5 rings (SSSR count). The highest BCUT2D eigenvalue weighted by atomic mass is 16.4. The molecule has 7 nitrogen and oxygen atoms in total. The molecule has 4 saturated carbocycles. The topological polar surface area (TPSA) is 135 Å². The third kappa shape index (κ3) is 2.89. The number of carboxylic acids is 2. The van der Waals surface area contributed by atoms with Gasteiger partial charge in [-0.3, -0.25) is 9.59 Å². The first-order valence-electron chi connectivity index (χ1n) is 14.3. The number of aliphatic carboxylic acids is 2. The fourth-order valence-electron chi connectivity index (χ4n) is 11.3. The summed E-state index contributed by atoms with van der Waals surface area (Å²) in [6, 6.07) is 0. The molecule has 12 atom stereocenters. The summed E-state index contributed by atoms with van der Waals surface area (Å²) in [7, 11) is 0. The van der Waals surface area contributed by atoms with Gasteiger partial charge in [0.1, 0.15) is 11.5 Å². The molecular formula is C30H46O7. The fraction of sp³-hybridized carbons (Fsp3) is 0.867. The summed E-state index contributed by atoms with van der Waals surface area (Å²) in [6.45, 7) is 13.1. The Balaban J connectivity index is 1.66. The van der Waals surface area contributed by atoms with Crippen molar-refractivity contribution in [3.8, 4) is 0 Å². The van der Waals surface area contributed by atoms with E-state index in [-0.39, 0.29) is 22.7 Å². The number of allylic oxidation sites excluding steroid dienone is 2. The Bertz CT molecular complexity index is 1040. The van der Waals surface area contributed by atoms with Crippen LogP contribution in [0.4, 0.5) is 0 Å². The van der Waals surface area contributed by atoms with Crippen molar-refractivity contribution in [3.05, 3.63) is 11.6 Å². The van der Waals surface area contributed by atoms with E-state index in [1.807, 2.05) is 0 Å². The van der Waals surface area contributed by atoms with E-state index >= 15 is 0 Å². The average molecular weight is 519 g/mol. The van der Waals surface area contributed by atoms with Crippen molar-refractivity contribution < 1.29 is 35.1 Å². The molecule has 0 aromatic carbocycles. The molecule has 7 heteroatoms. The number of hydrogen-bond acceptors (Lipinski definition) is 5. The molecule has 5 N–H and O–H groups in total. The number of aliphatic hydroxyl groups is 3. The molecule has 0 aromatic rings. The second kappa shape index (κ2) is 8.04. The minimum Gasteiger partial charge on any atom is -0.481 e. The van der Waals surface area contributed by atoms with Crippen LogP contribution < -0.4 is 0 Å². The molecule has 0 bridgehead atoms. The van der Waals surface area contributed by atoms with Gasteiger partial charge in [-0.1, -0.05) is 46.3 Å². The summed E-state index contributed by atoms with van der Waals surface area (Å²) in [6.07, 6.45) is 2.54. The third-order valence-electron chi connectivity index (χ3n) is 13.4. The first-order valence-corrected chi connectivity index (χ1v) is 14.3. The maximum atomic E-state index is 13.3. The monoisotopic (exact) mass is 518 g/mol. The number of carboxylic acid groups (broad SMARTS) is 2. The van der Waals surface area contributed by atoms with Gasteiger partial charge in [0.05, 0.1) is 17.6 Å². The van der Waals surface area contributed by atoms with Gasteiger partial charge in [0, 0.05) is 5.92 Å². The van der Waals surface area contributed by atoms with E-state index in [9.17, 15) is 35.1 Å². The van der Waals surface area contributed by atoms with Gasteiger partial charge in [-0.15, -0.1) is 0 Å². The molecule has 5 aliphatic carbocycles. The van der Waals surface area contributed by atoms with E-state index in [1.54, 1.807) is 0 Å². The van der Waals surface area contributed by atoms with Gasteiger partial charge in [-0.05, 0) is 91.8 Å². The minimum absolute atomic E-state index is 0.0354. The summed E-state index contributed by atoms with van der Waals surface area (Å²) < 4.78 is 0. The van der Waals surface area contributed by atoms with Gasteiger partial charge in [0.2, 0.25) is 0 Å². The molecule has 0 saturated heterocycles. The first kappa shape index (κ1) is 27.1. The smallest absolute Gasteiger partial charge is 0.313 e. The molecule has 4 fully saturated rings. The van der Waals surface area contributed by atoms with E-state index in [0.29, 0.717) is 24.2 Å². The van der Waals surface area contributed by atoms with Gasteiger partial charge >= 0.3 is 11.9 Å². The highest BCUT2D eigenvalue weighted by molar-refractivity contribution is 5.83. The van der Waals surface area contributed by atoms with Crippen LogP contribution in [0.15, 0.2) is 11.6 Å². The molecule has 12 unspecified atom stereocenters. The van der Waals surface area contributed by atoms with Gasteiger partial charge in [-0.25, -0.2) is 0 Å². The Morgan fingerprint density at radius 3 is 2.08 bits per heavy atom. The van der Waals surface area contributed by atoms with Gasteiger partial charge in [-0.2, -0.15) is 0 Å². The SMILES string of the molecule is CC(C)C1CCC2C1(C)CCC1(C)C3=CCC4C(C)(C(=O)O)C(O)C(O)C(O)C4(C(=O)O)C3CCC21C. The van der Waals surface area contributed by atoms with Crippen LogP contribution in [0.1, 0.15) is 86.5 Å². The van der Waals surface area contributed by atoms with Crippen LogP contribution in [0.3, 0.4) is 0 Å². The van der Waals surface area contributed by atoms with Crippen molar-refractivity contribution in [3.63, 3.8) is 0 Å². The highest BCUT2D eigenvalue weighted by Gasteiger charge is 2.76. The number of hydrogen-bond donors (Lipinski definition) is 5. The predicted octanol–water partition coefficient (Wildman–Crippen LogP) is 4.10. The molecule has 208 valence electrons. The highest BCUT2D eigenvalue weighted by Crippen LogP contribution is 2.76. The largest absolute Gasteiger partial charge is 0.481 e. The second-order valence-corrected chi connectivity index (χ2v) is 14.5. The van der Waals surface area contributed by atoms with E-state index in [0.717, 1.165) is 24.8 Å². The Labute approximate surface area is 220 Å². The molecule has 37 heavy (non-hydrogen) atoms. The summed E-state index contributed by atoms with van der Waals surface area (Å²) in [5, 5.41) is 54.2. The molecule has 0 aliphatic heterocycles. The average Bonchev–Trinajstić information content (AvgIpc) is 3.20. The Morgan fingerprint density at radius 1 is 0.865 bits per heavy atom. The number of carbonyl (C=O) groups is 2. The second-order valence-electron chi connectivity index (χ2n) is 14.5. The zero-order valence-corrected chi connectivity index (χ0v) is 23.2. The summed E-state index contributed by atoms with van der Waals surface area (Å²) in [5.41, 5.74) is -2.82. The van der Waals surface area contributed by atoms with Crippen LogP contribution in [0, 0.1) is 56.7 Å². The molecule has 0 radical (unpaired) electrons. The first-order chi connectivity index (χ1) is 17.1. The van der Waals surface area contributed by atoms with Gasteiger partial charge in [0.25, 0.3) is 0 Å². The molecule has 0 aromatic heterocycles. The summed E-state index contributed by atoms with van der Waals surface area (Å²) in [4.78, 5) is 25.8. The van der Waals surface area contributed by atoms with Gasteiger partial charge < -0.3 is 25.5 Å². The number of aliphatic hydroxyl groups excluding tert-OH is 3. The molecular weight excluding hydrogens is 472 g/mol. The Morgan fingerprint density at radius 2 is 1.51 bits per heavy atom. The Kier molecular flexibility index (Phi) is 5.90. The normalized spacial score (nSPS) is 55.0. The molecule has 5 aliphatic rings. The molecule has 0 heterocycles. The lowest BCUT2D eigenvalue weighted by atomic mass is 9.35. The number of rotatable bonds is 3. The summed E-state index contributed by atoms with van der Waals surface area (Å²) in [5.74, 6) is -2.46. The minimum atomic E-state index is -1.90. The van der Waals surface area contributed by atoms with Crippen molar-refractivity contribution in [1.29, 1.82) is 0 Å². The van der Waals surface area contributed by atoms with Crippen molar-refractivity contribution >= 4 is 11.9 Å². The van der Waals surface area contributed by atoms with Crippen LogP contribution in [-0.2, 0) is 9.59 Å². The quantitative estimate of drug-likeness (QED) is 0.355. The predicted molar refractivity (Wildman–Crippen MR) is 137 cm³/mol. The van der Waals surface area contributed by atoms with E-state index in [4.69, 9.17) is 0 Å². The van der Waals surface area contributed by atoms with Crippen molar-refractivity contribution in [2.45, 2.75) is 105 Å². The van der Waals surface area contributed by atoms with E-state index < -0.39 is 52.9 Å². The standard InChI is InChI=1S/C30H46O7/c1-15(2)16-7-9-19-26(16,3)13-14-27(4)17-8-10-20-29(6,24(34)35)22(32)21(31)23(33)30(20,25(36)37)18(17)11-12-28(19,27)5/h8,15-16,18-23,31-33H,7,9-14H2,1-6H3,(H,34,35)(H,36,37). The lowest BCUT2D eigenvalue weighted by Gasteiger charge is -2.69. The summed E-state index contributed by atoms with van der Waals surface area (Å²) >= 11 is 0. The third-order valence-corrected chi connectivity index (χ3v) is 13.4. The number of fused-ring (bicyclic) bond motifs is 7. The molecule has 0 spiro atoms.